The number of hydrogen-bond donors (Lipinski definition) is 0. The molecule has 0 spiro atoms. The van der Waals surface area contributed by atoms with Crippen LogP contribution in [-0.2, 0) is 0 Å². The number of nitrogens with zero attached hydrogens (tertiary/aromatic N) is 12. The largest absolute Gasteiger partial charge is 0.264 e. The highest BCUT2D eigenvalue weighted by molar-refractivity contribution is 7.27. The molecule has 0 saturated heterocycles. The molecular weight excluding hydrogens is 1240 g/mol. The van der Waals surface area contributed by atoms with E-state index in [-0.39, 0.29) is 0 Å². The number of aromatic nitrogens is 12. The summed E-state index contributed by atoms with van der Waals surface area (Å²) >= 11 is 5.39. The molecule has 9 aromatic heterocycles. The van der Waals surface area contributed by atoms with Crippen LogP contribution in [0.1, 0.15) is 17.5 Å². The Morgan fingerprint density at radius 3 is 1.19 bits per heavy atom. The van der Waals surface area contributed by atoms with Crippen molar-refractivity contribution in [2.75, 3.05) is 0 Å². The Bertz CT molecular complexity index is 5880. The number of benzene rings is 9. The zero-order valence-corrected chi connectivity index (χ0v) is 54.5. The van der Waals surface area contributed by atoms with Gasteiger partial charge in [0, 0.05) is 137 Å². The van der Waals surface area contributed by atoms with Gasteiger partial charge in [0.05, 0.1) is 0 Å². The second-order valence-corrected chi connectivity index (χ2v) is 26.1. The topological polar surface area (TPSA) is 155 Å². The molecule has 9 aromatic carbocycles. The van der Waals surface area contributed by atoms with Crippen molar-refractivity contribution in [3.8, 4) is 102 Å². The molecule has 0 aliphatic carbocycles. The summed E-state index contributed by atoms with van der Waals surface area (Å²) in [5.41, 5.74) is 12.5. The molecule has 18 rings (SSSR count). The van der Waals surface area contributed by atoms with Crippen molar-refractivity contribution < 1.29 is 0 Å². The van der Waals surface area contributed by atoms with E-state index in [1.165, 1.54) is 60.5 Å². The fourth-order valence-corrected chi connectivity index (χ4v) is 15.4. The fourth-order valence-electron chi connectivity index (χ4n) is 12.0. The maximum atomic E-state index is 4.90. The van der Waals surface area contributed by atoms with Gasteiger partial charge in [0.15, 0.2) is 34.9 Å². The van der Waals surface area contributed by atoms with Gasteiger partial charge in [-0.3, -0.25) is 15.0 Å². The molecule has 0 atom stereocenters. The van der Waals surface area contributed by atoms with Gasteiger partial charge in [-0.15, -0.1) is 34.0 Å². The Morgan fingerprint density at radius 1 is 0.229 bits per heavy atom. The zero-order chi connectivity index (χ0) is 64.5. The maximum Gasteiger partial charge on any atom is 0.165 e. The van der Waals surface area contributed by atoms with E-state index in [0.29, 0.717) is 52.4 Å². The predicted octanol–water partition coefficient (Wildman–Crippen LogP) is 20.8. The molecule has 0 saturated carbocycles. The minimum Gasteiger partial charge on any atom is -0.264 e. The minimum absolute atomic E-state index is 0.677. The van der Waals surface area contributed by atoms with Crippen LogP contribution >= 0.6 is 34.0 Å². The van der Waals surface area contributed by atoms with Gasteiger partial charge in [0.25, 0.3) is 0 Å². The van der Waals surface area contributed by atoms with Crippen LogP contribution in [-0.4, -0.2) is 59.8 Å². The smallest absolute Gasteiger partial charge is 0.165 e. The number of thiophene rings is 3. The van der Waals surface area contributed by atoms with E-state index in [9.17, 15) is 0 Å². The first-order valence-electron chi connectivity index (χ1n) is 31.2. The molecule has 0 N–H and O–H groups in total. The molecule has 456 valence electrons. The molecule has 12 nitrogen and oxygen atoms in total. The molecule has 0 unspecified atom stereocenters. The van der Waals surface area contributed by atoms with Crippen LogP contribution in [0.25, 0.3) is 162 Å². The Hall–Kier alpha value is -11.9. The SMILES string of the molecule is Cc1nc(-c2ccc(-c3cccnc3)cc2)nc(-c2ccc3sc4ccccc4c3c2)n1.Cc1nc(-c2ccc(-c3cccnc3)cc2)nc(-c2cccc3sc4ccccc4c23)n1.Cc1nc(-c2cccc(-c3cccnc3)c2)nc(-c2cccc3c2sc2ccccc23)n1. The van der Waals surface area contributed by atoms with Gasteiger partial charge in [-0.05, 0) is 121 Å². The van der Waals surface area contributed by atoms with Crippen LogP contribution in [0.15, 0.2) is 274 Å². The molecule has 15 heteroatoms. The van der Waals surface area contributed by atoms with E-state index in [1.807, 2.05) is 81.0 Å². The third kappa shape index (κ3) is 12.0. The molecular formula is C81H54N12S3. The van der Waals surface area contributed by atoms with Gasteiger partial charge in [0.1, 0.15) is 17.5 Å². The minimum atomic E-state index is 0.677. The second-order valence-electron chi connectivity index (χ2n) is 22.9. The van der Waals surface area contributed by atoms with Crippen LogP contribution in [0.2, 0.25) is 0 Å². The Balaban J connectivity index is 0.000000113. The number of pyridine rings is 3. The van der Waals surface area contributed by atoms with Gasteiger partial charge < -0.3 is 0 Å². The summed E-state index contributed by atoms with van der Waals surface area (Å²) in [5, 5.41) is 7.46. The van der Waals surface area contributed by atoms with Gasteiger partial charge in [-0.2, -0.15) is 0 Å². The van der Waals surface area contributed by atoms with Crippen molar-refractivity contribution >= 4 is 94.5 Å². The summed E-state index contributed by atoms with van der Waals surface area (Å²) in [6.07, 6.45) is 10.9. The molecule has 18 aromatic rings. The summed E-state index contributed by atoms with van der Waals surface area (Å²) in [5.74, 6) is 6.26. The third-order valence-electron chi connectivity index (χ3n) is 16.6. The predicted molar refractivity (Wildman–Crippen MR) is 395 cm³/mol. The summed E-state index contributed by atoms with van der Waals surface area (Å²) < 4.78 is 7.54. The number of rotatable bonds is 9. The lowest BCUT2D eigenvalue weighted by Gasteiger charge is -2.08. The van der Waals surface area contributed by atoms with E-state index in [1.54, 1.807) is 41.3 Å². The monoisotopic (exact) mass is 1290 g/mol. The van der Waals surface area contributed by atoms with Crippen molar-refractivity contribution in [3.05, 3.63) is 291 Å². The average Bonchev–Trinajstić information content (AvgIpc) is 1.57. The first-order valence-corrected chi connectivity index (χ1v) is 33.7. The second kappa shape index (κ2) is 25.9. The van der Waals surface area contributed by atoms with E-state index in [0.717, 1.165) is 66.8 Å². The number of fused-ring (bicyclic) bond motifs is 9. The van der Waals surface area contributed by atoms with Crippen LogP contribution in [0.5, 0.6) is 0 Å². The van der Waals surface area contributed by atoms with Crippen LogP contribution in [0.3, 0.4) is 0 Å². The molecule has 96 heavy (non-hydrogen) atoms. The van der Waals surface area contributed by atoms with Gasteiger partial charge >= 0.3 is 0 Å². The fraction of sp³-hybridized carbons (Fsp3) is 0.0370. The third-order valence-corrected chi connectivity index (χ3v) is 20.1. The highest BCUT2D eigenvalue weighted by Gasteiger charge is 2.19. The molecule has 0 radical (unpaired) electrons. The summed E-state index contributed by atoms with van der Waals surface area (Å²) in [7, 11) is 0. The lowest BCUT2D eigenvalue weighted by Crippen LogP contribution is -1.99. The number of hydrogen-bond acceptors (Lipinski definition) is 15. The van der Waals surface area contributed by atoms with Crippen molar-refractivity contribution in [2.45, 2.75) is 20.8 Å². The normalized spacial score (nSPS) is 11.3. The molecule has 0 amide bonds. The van der Waals surface area contributed by atoms with Gasteiger partial charge in [-0.25, -0.2) is 44.9 Å². The lowest BCUT2D eigenvalue weighted by atomic mass is 10.0. The van der Waals surface area contributed by atoms with Gasteiger partial charge in [0.2, 0.25) is 0 Å². The van der Waals surface area contributed by atoms with Crippen LogP contribution in [0.4, 0.5) is 0 Å². The summed E-state index contributed by atoms with van der Waals surface area (Å²) in [4.78, 5) is 55.2. The summed E-state index contributed by atoms with van der Waals surface area (Å²) in [6, 6.07) is 81.4. The van der Waals surface area contributed by atoms with E-state index in [2.05, 4.69) is 241 Å². The summed E-state index contributed by atoms with van der Waals surface area (Å²) in [6.45, 7) is 5.76. The number of aryl methyl sites for hydroxylation is 3. The first-order chi connectivity index (χ1) is 47.3. The van der Waals surface area contributed by atoms with Crippen molar-refractivity contribution in [1.29, 1.82) is 0 Å². The average molecular weight is 1290 g/mol. The lowest BCUT2D eigenvalue weighted by molar-refractivity contribution is 0.992. The van der Waals surface area contributed by atoms with Crippen molar-refractivity contribution in [1.82, 2.24) is 59.8 Å². The highest BCUT2D eigenvalue weighted by atomic mass is 32.1. The highest BCUT2D eigenvalue weighted by Crippen LogP contribution is 2.42. The molecule has 0 aliphatic rings. The van der Waals surface area contributed by atoms with Crippen LogP contribution in [0, 0.1) is 20.8 Å². The van der Waals surface area contributed by atoms with E-state index >= 15 is 0 Å². The Labute approximate surface area is 564 Å². The maximum absolute atomic E-state index is 4.90. The molecule has 0 aliphatic heterocycles. The van der Waals surface area contributed by atoms with Crippen molar-refractivity contribution in [2.24, 2.45) is 0 Å². The molecule has 9 heterocycles. The quantitative estimate of drug-likeness (QED) is 0.135. The van der Waals surface area contributed by atoms with E-state index < -0.39 is 0 Å². The zero-order valence-electron chi connectivity index (χ0n) is 52.1. The van der Waals surface area contributed by atoms with E-state index in [4.69, 9.17) is 24.9 Å². The molecule has 0 bridgehead atoms. The standard InChI is InChI=1S/3C27H18N4S/c1-17-29-26(19-8-4-7-18(15-19)20-9-6-14-28-16-20)31-27(30-17)23-12-5-11-22-21-10-2-3-13-24(21)32-25(22)23;1-17-29-26(19-13-11-18(12-14-19)20-6-5-15-28-16-20)31-27(30-17)22-8-4-10-24-25(22)21-7-2-3-9-23(21)32-24;1-17-29-26(19-10-8-18(9-11-19)21-5-4-14-28-16-21)31-27(30-17)20-12-13-25-23(15-20)22-6-2-3-7-24(22)32-25/h3*2-16H,1H3. The van der Waals surface area contributed by atoms with Crippen LogP contribution < -0.4 is 0 Å². The van der Waals surface area contributed by atoms with Gasteiger partial charge in [-0.1, -0.05) is 164 Å². The first kappa shape index (κ1) is 59.2. The van der Waals surface area contributed by atoms with Crippen molar-refractivity contribution in [3.63, 3.8) is 0 Å². The Morgan fingerprint density at radius 2 is 0.604 bits per heavy atom. The molecule has 0 fully saturated rings. The Kier molecular flexibility index (Phi) is 16.0.